The van der Waals surface area contributed by atoms with E-state index in [1.807, 2.05) is 43.3 Å². The summed E-state index contributed by atoms with van der Waals surface area (Å²) in [6.45, 7) is 2.01. The van der Waals surface area contributed by atoms with Gasteiger partial charge in [0.1, 0.15) is 12.1 Å². The maximum Gasteiger partial charge on any atom is 0.243 e. The van der Waals surface area contributed by atoms with E-state index in [2.05, 4.69) is 10.6 Å². The highest BCUT2D eigenvalue weighted by molar-refractivity contribution is 6.30. The van der Waals surface area contributed by atoms with Crippen molar-refractivity contribution in [3.63, 3.8) is 0 Å². The third kappa shape index (κ3) is 3.95. The molecule has 0 saturated carbocycles. The number of benzene rings is 2. The fourth-order valence-electron chi connectivity index (χ4n) is 2.78. The number of hydrogen-bond donors (Lipinski definition) is 2. The zero-order valence-corrected chi connectivity index (χ0v) is 14.1. The molecule has 5 heteroatoms. The van der Waals surface area contributed by atoms with Crippen molar-refractivity contribution in [2.45, 2.75) is 31.8 Å². The average Bonchev–Trinajstić information content (AvgIpc) is 2.56. The van der Waals surface area contributed by atoms with Crippen LogP contribution in [0.3, 0.4) is 0 Å². The monoisotopic (exact) mass is 342 g/mol. The summed E-state index contributed by atoms with van der Waals surface area (Å²) in [5.41, 5.74) is 3.15. The Bertz CT molecular complexity index is 675. The molecule has 1 aliphatic rings. The summed E-state index contributed by atoms with van der Waals surface area (Å²) in [4.78, 5) is 24.6. The topological polar surface area (TPSA) is 58.2 Å². The first kappa shape index (κ1) is 16.5. The highest BCUT2D eigenvalue weighted by atomic mass is 35.5. The molecule has 0 radical (unpaired) electrons. The summed E-state index contributed by atoms with van der Waals surface area (Å²) in [5, 5.41) is 6.31. The molecule has 1 heterocycles. The Labute approximate surface area is 146 Å². The van der Waals surface area contributed by atoms with Crippen LogP contribution in [0.25, 0.3) is 0 Å². The first-order valence-corrected chi connectivity index (χ1v) is 8.30. The SMILES string of the molecule is Cc1ccc(C[C@H]2NC(=O)[C@@H](Cc3ccc(Cl)cc3)NC2=O)cc1. The summed E-state index contributed by atoms with van der Waals surface area (Å²) in [7, 11) is 0. The second kappa shape index (κ2) is 7.05. The third-order valence-electron chi connectivity index (χ3n) is 4.18. The standard InChI is InChI=1S/C19H19ClN2O2/c1-12-2-4-13(5-3-12)10-16-18(23)22-17(19(24)21-16)11-14-6-8-15(20)9-7-14/h2-9,16-17H,10-11H2,1H3,(H,21,24)(H,22,23)/t16-,17-/m1/s1. The van der Waals surface area contributed by atoms with Crippen molar-refractivity contribution in [2.75, 3.05) is 0 Å². The van der Waals surface area contributed by atoms with Crippen molar-refractivity contribution >= 4 is 23.4 Å². The number of carbonyl (C=O) groups excluding carboxylic acids is 2. The van der Waals surface area contributed by atoms with E-state index in [4.69, 9.17) is 11.6 Å². The highest BCUT2D eigenvalue weighted by Gasteiger charge is 2.33. The number of halogens is 1. The fourth-order valence-corrected chi connectivity index (χ4v) is 2.91. The third-order valence-corrected chi connectivity index (χ3v) is 4.43. The molecule has 3 rings (SSSR count). The lowest BCUT2D eigenvalue weighted by atomic mass is 9.98. The molecular formula is C19H19ClN2O2. The first-order valence-electron chi connectivity index (χ1n) is 7.92. The normalized spacial score (nSPS) is 20.4. The van der Waals surface area contributed by atoms with Crippen LogP contribution in [0, 0.1) is 6.92 Å². The van der Waals surface area contributed by atoms with Crippen LogP contribution >= 0.6 is 11.6 Å². The molecule has 124 valence electrons. The lowest BCUT2D eigenvalue weighted by Gasteiger charge is -2.29. The molecule has 0 spiro atoms. The maximum absolute atomic E-state index is 12.3. The second-order valence-corrected chi connectivity index (χ2v) is 6.58. The van der Waals surface area contributed by atoms with E-state index in [-0.39, 0.29) is 11.8 Å². The Balaban J connectivity index is 1.63. The van der Waals surface area contributed by atoms with E-state index >= 15 is 0 Å². The van der Waals surface area contributed by atoms with E-state index in [9.17, 15) is 9.59 Å². The van der Waals surface area contributed by atoms with Gasteiger partial charge in [0.25, 0.3) is 0 Å². The molecule has 0 aromatic heterocycles. The van der Waals surface area contributed by atoms with E-state index in [1.54, 1.807) is 12.1 Å². The van der Waals surface area contributed by atoms with Gasteiger partial charge in [0.2, 0.25) is 11.8 Å². The van der Waals surface area contributed by atoms with Crippen molar-refractivity contribution in [3.05, 3.63) is 70.2 Å². The molecule has 2 aromatic carbocycles. The van der Waals surface area contributed by atoms with Crippen molar-refractivity contribution in [2.24, 2.45) is 0 Å². The number of aryl methyl sites for hydroxylation is 1. The van der Waals surface area contributed by atoms with Gasteiger partial charge < -0.3 is 10.6 Å². The van der Waals surface area contributed by atoms with Crippen molar-refractivity contribution < 1.29 is 9.59 Å². The Kier molecular flexibility index (Phi) is 4.86. The van der Waals surface area contributed by atoms with Crippen LogP contribution in [-0.2, 0) is 22.4 Å². The predicted octanol–water partition coefficient (Wildman–Crippen LogP) is 2.42. The summed E-state index contributed by atoms with van der Waals surface area (Å²) < 4.78 is 0. The van der Waals surface area contributed by atoms with Crippen LogP contribution in [0.5, 0.6) is 0 Å². The Morgan fingerprint density at radius 1 is 0.792 bits per heavy atom. The molecular weight excluding hydrogens is 324 g/mol. The van der Waals surface area contributed by atoms with Gasteiger partial charge in [-0.05, 0) is 30.2 Å². The lowest BCUT2D eigenvalue weighted by Crippen LogP contribution is -2.62. The van der Waals surface area contributed by atoms with Gasteiger partial charge in [-0.1, -0.05) is 53.6 Å². The van der Waals surface area contributed by atoms with E-state index in [0.717, 1.165) is 11.1 Å². The number of rotatable bonds is 4. The molecule has 2 amide bonds. The Hall–Kier alpha value is -2.33. The number of piperazine rings is 1. The summed E-state index contributed by atoms with van der Waals surface area (Å²) in [5.74, 6) is -0.296. The minimum atomic E-state index is -0.548. The van der Waals surface area contributed by atoms with E-state index in [0.29, 0.717) is 17.9 Å². The Morgan fingerprint density at radius 3 is 1.67 bits per heavy atom. The first-order chi connectivity index (χ1) is 11.5. The number of hydrogen-bond acceptors (Lipinski definition) is 2. The molecule has 0 unspecified atom stereocenters. The molecule has 1 aliphatic heterocycles. The number of carbonyl (C=O) groups is 2. The molecule has 0 aliphatic carbocycles. The fraction of sp³-hybridized carbons (Fsp3) is 0.263. The summed E-state index contributed by atoms with van der Waals surface area (Å²) in [6.07, 6.45) is 0.942. The molecule has 2 N–H and O–H groups in total. The van der Waals surface area contributed by atoms with Crippen molar-refractivity contribution in [1.29, 1.82) is 0 Å². The zero-order valence-electron chi connectivity index (χ0n) is 13.4. The van der Waals surface area contributed by atoms with E-state index < -0.39 is 12.1 Å². The summed E-state index contributed by atoms with van der Waals surface area (Å²) >= 11 is 5.86. The molecule has 4 nitrogen and oxygen atoms in total. The Morgan fingerprint density at radius 2 is 1.21 bits per heavy atom. The smallest absolute Gasteiger partial charge is 0.243 e. The molecule has 1 fully saturated rings. The maximum atomic E-state index is 12.3. The molecule has 24 heavy (non-hydrogen) atoms. The van der Waals surface area contributed by atoms with Gasteiger partial charge in [0, 0.05) is 17.9 Å². The number of nitrogens with one attached hydrogen (secondary N) is 2. The van der Waals surface area contributed by atoms with Gasteiger partial charge in [0.05, 0.1) is 0 Å². The van der Waals surface area contributed by atoms with E-state index in [1.165, 1.54) is 5.56 Å². The molecule has 1 saturated heterocycles. The quantitative estimate of drug-likeness (QED) is 0.896. The van der Waals surface area contributed by atoms with Gasteiger partial charge >= 0.3 is 0 Å². The van der Waals surface area contributed by atoms with Crippen LogP contribution in [0.2, 0.25) is 5.02 Å². The van der Waals surface area contributed by atoms with Gasteiger partial charge in [-0.3, -0.25) is 9.59 Å². The average molecular weight is 343 g/mol. The zero-order chi connectivity index (χ0) is 17.1. The van der Waals surface area contributed by atoms with Crippen LogP contribution in [0.15, 0.2) is 48.5 Å². The van der Waals surface area contributed by atoms with Crippen molar-refractivity contribution in [1.82, 2.24) is 10.6 Å². The highest BCUT2D eigenvalue weighted by Crippen LogP contribution is 2.14. The predicted molar refractivity (Wildman–Crippen MR) is 93.9 cm³/mol. The minimum Gasteiger partial charge on any atom is -0.342 e. The van der Waals surface area contributed by atoms with Gasteiger partial charge in [-0.25, -0.2) is 0 Å². The largest absolute Gasteiger partial charge is 0.342 e. The molecule has 0 bridgehead atoms. The van der Waals surface area contributed by atoms with Crippen LogP contribution < -0.4 is 10.6 Å². The van der Waals surface area contributed by atoms with Gasteiger partial charge in [0.15, 0.2) is 0 Å². The van der Waals surface area contributed by atoms with Crippen LogP contribution in [-0.4, -0.2) is 23.9 Å². The second-order valence-electron chi connectivity index (χ2n) is 6.14. The number of amides is 2. The van der Waals surface area contributed by atoms with Gasteiger partial charge in [-0.2, -0.15) is 0 Å². The molecule has 2 aromatic rings. The van der Waals surface area contributed by atoms with Crippen LogP contribution in [0.4, 0.5) is 0 Å². The van der Waals surface area contributed by atoms with Crippen molar-refractivity contribution in [3.8, 4) is 0 Å². The minimum absolute atomic E-state index is 0.144. The molecule has 2 atom stereocenters. The van der Waals surface area contributed by atoms with Gasteiger partial charge in [-0.15, -0.1) is 0 Å². The van der Waals surface area contributed by atoms with Crippen LogP contribution in [0.1, 0.15) is 16.7 Å². The summed E-state index contributed by atoms with van der Waals surface area (Å²) in [6, 6.07) is 14.2. The lowest BCUT2D eigenvalue weighted by molar-refractivity contribution is -0.136.